The predicted octanol–water partition coefficient (Wildman–Crippen LogP) is 2.25. The molecule has 88 valence electrons. The van der Waals surface area contributed by atoms with Gasteiger partial charge in [-0.15, -0.1) is 0 Å². The Morgan fingerprint density at radius 3 is 2.80 bits per heavy atom. The van der Waals surface area contributed by atoms with Crippen LogP contribution < -0.4 is 5.32 Å². The third-order valence-electron chi connectivity index (χ3n) is 2.84. The van der Waals surface area contributed by atoms with Crippen LogP contribution in [0.25, 0.3) is 0 Å². The summed E-state index contributed by atoms with van der Waals surface area (Å²) < 4.78 is 5.20. The van der Waals surface area contributed by atoms with Gasteiger partial charge in [0.15, 0.2) is 0 Å². The molecule has 0 aliphatic carbocycles. The van der Waals surface area contributed by atoms with E-state index in [0.29, 0.717) is 6.61 Å². The molecule has 15 heavy (non-hydrogen) atoms. The van der Waals surface area contributed by atoms with Crippen LogP contribution in [0.2, 0.25) is 0 Å². The van der Waals surface area contributed by atoms with Crippen LogP contribution in [-0.4, -0.2) is 25.2 Å². The van der Waals surface area contributed by atoms with Gasteiger partial charge in [-0.2, -0.15) is 0 Å². The molecule has 1 heterocycles. The quantitative estimate of drug-likeness (QED) is 0.520. The second kappa shape index (κ2) is 7.69. The Labute approximate surface area is 92.6 Å². The summed E-state index contributed by atoms with van der Waals surface area (Å²) in [6.45, 7) is 3.75. The highest BCUT2D eigenvalue weighted by atomic mass is 16.5. The van der Waals surface area contributed by atoms with E-state index in [1.807, 2.05) is 0 Å². The zero-order valence-corrected chi connectivity index (χ0v) is 9.76. The van der Waals surface area contributed by atoms with Gasteiger partial charge in [-0.25, -0.2) is 0 Å². The van der Waals surface area contributed by atoms with Gasteiger partial charge in [-0.05, 0) is 25.8 Å². The second-order valence-electron chi connectivity index (χ2n) is 4.23. The molecule has 1 atom stereocenters. The van der Waals surface area contributed by atoms with Gasteiger partial charge in [-0.3, -0.25) is 4.79 Å². The zero-order valence-electron chi connectivity index (χ0n) is 9.76. The van der Waals surface area contributed by atoms with Crippen molar-refractivity contribution < 1.29 is 9.53 Å². The van der Waals surface area contributed by atoms with Crippen LogP contribution in [0.1, 0.15) is 51.9 Å². The summed E-state index contributed by atoms with van der Waals surface area (Å²) in [7, 11) is 0. The normalized spacial score (nSPS) is 20.5. The van der Waals surface area contributed by atoms with Crippen LogP contribution >= 0.6 is 0 Å². The Hall–Kier alpha value is -0.570. The molecule has 1 unspecified atom stereocenters. The highest BCUT2D eigenvalue weighted by Gasteiger charge is 2.22. The molecule has 1 aliphatic rings. The number of carbonyl (C=O) groups excluding carboxylic acids is 1. The molecule has 1 rings (SSSR count). The number of nitrogens with one attached hydrogen (secondary N) is 1. The van der Waals surface area contributed by atoms with E-state index < -0.39 is 0 Å². The topological polar surface area (TPSA) is 38.3 Å². The first-order valence-corrected chi connectivity index (χ1v) is 6.24. The number of esters is 1. The summed E-state index contributed by atoms with van der Waals surface area (Å²) in [6, 6.07) is -0.0272. The second-order valence-corrected chi connectivity index (χ2v) is 4.23. The molecule has 0 spiro atoms. The fraction of sp³-hybridized carbons (Fsp3) is 0.917. The van der Waals surface area contributed by atoms with Gasteiger partial charge in [0.25, 0.3) is 0 Å². The van der Waals surface area contributed by atoms with Gasteiger partial charge in [0.2, 0.25) is 0 Å². The van der Waals surface area contributed by atoms with E-state index in [9.17, 15) is 4.79 Å². The number of carbonyl (C=O) groups is 1. The Bertz CT molecular complexity index is 176. The van der Waals surface area contributed by atoms with Crippen molar-refractivity contribution >= 4 is 5.97 Å². The van der Waals surface area contributed by atoms with Crippen molar-refractivity contribution in [3.05, 3.63) is 0 Å². The van der Waals surface area contributed by atoms with Crippen molar-refractivity contribution in [1.29, 1.82) is 0 Å². The van der Waals surface area contributed by atoms with Crippen molar-refractivity contribution in [2.24, 2.45) is 0 Å². The van der Waals surface area contributed by atoms with Crippen molar-refractivity contribution in [1.82, 2.24) is 5.32 Å². The van der Waals surface area contributed by atoms with Crippen molar-refractivity contribution in [3.8, 4) is 0 Å². The fourth-order valence-corrected chi connectivity index (χ4v) is 1.86. The van der Waals surface area contributed by atoms with E-state index in [4.69, 9.17) is 4.74 Å². The minimum atomic E-state index is -0.0528. The number of unbranched alkanes of at least 4 members (excludes halogenated alkanes) is 4. The van der Waals surface area contributed by atoms with Crippen LogP contribution in [-0.2, 0) is 9.53 Å². The first-order valence-electron chi connectivity index (χ1n) is 6.24. The van der Waals surface area contributed by atoms with Gasteiger partial charge in [0.1, 0.15) is 6.04 Å². The summed E-state index contributed by atoms with van der Waals surface area (Å²) in [5.41, 5.74) is 0. The van der Waals surface area contributed by atoms with E-state index in [-0.39, 0.29) is 12.0 Å². The molecule has 0 saturated carbocycles. The van der Waals surface area contributed by atoms with E-state index in [2.05, 4.69) is 12.2 Å². The lowest BCUT2D eigenvalue weighted by atomic mass is 10.2. The molecule has 0 bridgehead atoms. The first-order chi connectivity index (χ1) is 7.34. The molecule has 1 fully saturated rings. The lowest BCUT2D eigenvalue weighted by Gasteiger charge is -2.09. The van der Waals surface area contributed by atoms with E-state index in [1.54, 1.807) is 0 Å². The van der Waals surface area contributed by atoms with Crippen LogP contribution in [0.3, 0.4) is 0 Å². The Balaban J connectivity index is 1.92. The number of rotatable bonds is 7. The fourth-order valence-electron chi connectivity index (χ4n) is 1.86. The minimum absolute atomic E-state index is 0.0272. The predicted molar refractivity (Wildman–Crippen MR) is 60.7 cm³/mol. The molecule has 0 amide bonds. The first kappa shape index (κ1) is 12.5. The summed E-state index contributed by atoms with van der Waals surface area (Å²) in [6.07, 6.45) is 8.03. The standard InChI is InChI=1S/C12H23NO2/c1-2-3-4-5-6-10-15-12(14)11-8-7-9-13-11/h11,13H,2-10H2,1H3. The Kier molecular flexibility index (Phi) is 6.41. The molecule has 3 nitrogen and oxygen atoms in total. The van der Waals surface area contributed by atoms with Crippen LogP contribution in [0.4, 0.5) is 0 Å². The lowest BCUT2D eigenvalue weighted by Crippen LogP contribution is -2.32. The Morgan fingerprint density at radius 1 is 1.33 bits per heavy atom. The summed E-state index contributed by atoms with van der Waals surface area (Å²) in [5, 5.41) is 3.14. The van der Waals surface area contributed by atoms with Crippen molar-refractivity contribution in [2.45, 2.75) is 57.9 Å². The molecular formula is C12H23NO2. The molecule has 0 aromatic rings. The summed E-state index contributed by atoms with van der Waals surface area (Å²) in [5.74, 6) is -0.0528. The van der Waals surface area contributed by atoms with E-state index in [0.717, 1.165) is 25.8 Å². The largest absolute Gasteiger partial charge is 0.465 e. The highest BCUT2D eigenvalue weighted by molar-refractivity contribution is 5.76. The molecule has 1 aliphatic heterocycles. The average Bonchev–Trinajstić information content (AvgIpc) is 2.76. The number of hydrogen-bond donors (Lipinski definition) is 1. The van der Waals surface area contributed by atoms with Crippen LogP contribution in [0.5, 0.6) is 0 Å². The smallest absolute Gasteiger partial charge is 0.323 e. The van der Waals surface area contributed by atoms with Gasteiger partial charge in [0.05, 0.1) is 6.61 Å². The third-order valence-corrected chi connectivity index (χ3v) is 2.84. The summed E-state index contributed by atoms with van der Waals surface area (Å²) in [4.78, 5) is 11.4. The molecule has 1 saturated heterocycles. The van der Waals surface area contributed by atoms with Crippen LogP contribution in [0, 0.1) is 0 Å². The SMILES string of the molecule is CCCCCCCOC(=O)C1CCCN1. The summed E-state index contributed by atoms with van der Waals surface area (Å²) >= 11 is 0. The minimum Gasteiger partial charge on any atom is -0.465 e. The van der Waals surface area contributed by atoms with Gasteiger partial charge >= 0.3 is 5.97 Å². The third kappa shape index (κ3) is 5.17. The maximum atomic E-state index is 11.4. The molecule has 3 heteroatoms. The van der Waals surface area contributed by atoms with Crippen molar-refractivity contribution in [3.63, 3.8) is 0 Å². The number of hydrogen-bond acceptors (Lipinski definition) is 3. The lowest BCUT2D eigenvalue weighted by molar-refractivity contribution is -0.145. The van der Waals surface area contributed by atoms with Gasteiger partial charge < -0.3 is 10.1 Å². The molecule has 0 aromatic heterocycles. The average molecular weight is 213 g/mol. The van der Waals surface area contributed by atoms with E-state index >= 15 is 0 Å². The van der Waals surface area contributed by atoms with Crippen molar-refractivity contribution in [2.75, 3.05) is 13.2 Å². The van der Waals surface area contributed by atoms with Crippen LogP contribution in [0.15, 0.2) is 0 Å². The maximum Gasteiger partial charge on any atom is 0.323 e. The Morgan fingerprint density at radius 2 is 2.13 bits per heavy atom. The van der Waals surface area contributed by atoms with Gasteiger partial charge in [-0.1, -0.05) is 32.6 Å². The monoisotopic (exact) mass is 213 g/mol. The van der Waals surface area contributed by atoms with E-state index in [1.165, 1.54) is 25.7 Å². The van der Waals surface area contributed by atoms with Gasteiger partial charge in [0, 0.05) is 0 Å². The number of ether oxygens (including phenoxy) is 1. The molecule has 0 radical (unpaired) electrons. The molecule has 0 aromatic carbocycles. The molecule has 1 N–H and O–H groups in total. The zero-order chi connectivity index (χ0) is 10.9. The highest BCUT2D eigenvalue weighted by Crippen LogP contribution is 2.07. The molecular weight excluding hydrogens is 190 g/mol. The maximum absolute atomic E-state index is 11.4.